The van der Waals surface area contributed by atoms with Gasteiger partial charge in [-0.15, -0.1) is 0 Å². The first-order valence-corrected chi connectivity index (χ1v) is 9.68. The number of H-pyrrole nitrogens is 1. The lowest BCUT2D eigenvalue weighted by Gasteiger charge is -2.29. The second kappa shape index (κ2) is 7.92. The van der Waals surface area contributed by atoms with E-state index in [0.29, 0.717) is 17.5 Å². The van der Waals surface area contributed by atoms with Crippen LogP contribution in [0, 0.1) is 0 Å². The second-order valence-electron chi connectivity index (χ2n) is 7.36. The van der Waals surface area contributed by atoms with Gasteiger partial charge in [0.1, 0.15) is 0 Å². The van der Waals surface area contributed by atoms with Gasteiger partial charge >= 0.3 is 5.76 Å². The molecule has 4 rings (SSSR count). The van der Waals surface area contributed by atoms with Gasteiger partial charge in [-0.2, -0.15) is 0 Å². The third-order valence-electron chi connectivity index (χ3n) is 5.56. The number of aromatic amines is 1. The molecule has 3 aromatic rings. The van der Waals surface area contributed by atoms with Crippen LogP contribution in [0.1, 0.15) is 49.1 Å². The molecule has 0 aliphatic heterocycles. The van der Waals surface area contributed by atoms with E-state index in [1.54, 1.807) is 0 Å². The highest BCUT2D eigenvalue weighted by Gasteiger charge is 2.22. The molecule has 1 aromatic heterocycles. The van der Waals surface area contributed by atoms with Crippen molar-refractivity contribution in [3.8, 4) is 0 Å². The molecule has 1 heterocycles. The van der Waals surface area contributed by atoms with E-state index < -0.39 is 0 Å². The zero-order valence-electron chi connectivity index (χ0n) is 15.0. The van der Waals surface area contributed by atoms with Gasteiger partial charge in [0.2, 0.25) is 0 Å². The van der Waals surface area contributed by atoms with Gasteiger partial charge < -0.3 is 9.73 Å². The third-order valence-corrected chi connectivity index (χ3v) is 5.56. The molecular formula is C22H26N2O2. The summed E-state index contributed by atoms with van der Waals surface area (Å²) in [5.41, 5.74) is 4.17. The average molecular weight is 350 g/mol. The maximum absolute atomic E-state index is 11.3. The number of aryl methyl sites for hydroxylation is 1. The van der Waals surface area contributed by atoms with Crippen molar-refractivity contribution >= 4 is 11.1 Å². The number of aromatic nitrogens is 1. The lowest BCUT2D eigenvalue weighted by atomic mass is 9.81. The Bertz CT molecular complexity index is 889. The zero-order chi connectivity index (χ0) is 17.8. The molecule has 0 radical (unpaired) electrons. The van der Waals surface area contributed by atoms with Gasteiger partial charge in [-0.05, 0) is 74.2 Å². The fourth-order valence-electron chi connectivity index (χ4n) is 4.09. The van der Waals surface area contributed by atoms with Crippen LogP contribution in [0.5, 0.6) is 0 Å². The first-order valence-electron chi connectivity index (χ1n) is 9.68. The SMILES string of the molecule is O=c1[nH]c2ccc(C3CCC(NCCCc4ccccc4)CC3)cc2o1. The Hall–Kier alpha value is -2.33. The van der Waals surface area contributed by atoms with E-state index in [1.807, 2.05) is 12.1 Å². The highest BCUT2D eigenvalue weighted by atomic mass is 16.4. The molecule has 0 spiro atoms. The van der Waals surface area contributed by atoms with Crippen molar-refractivity contribution in [3.63, 3.8) is 0 Å². The van der Waals surface area contributed by atoms with Gasteiger partial charge in [0.15, 0.2) is 5.58 Å². The molecule has 1 saturated carbocycles. The van der Waals surface area contributed by atoms with Crippen LogP contribution in [0.4, 0.5) is 0 Å². The summed E-state index contributed by atoms with van der Waals surface area (Å²) in [6, 6.07) is 17.5. The Labute approximate surface area is 153 Å². The van der Waals surface area contributed by atoms with Crippen molar-refractivity contribution < 1.29 is 4.42 Å². The molecule has 4 nitrogen and oxygen atoms in total. The van der Waals surface area contributed by atoms with Crippen LogP contribution in [0.2, 0.25) is 0 Å². The van der Waals surface area contributed by atoms with E-state index in [0.717, 1.165) is 18.5 Å². The molecule has 1 fully saturated rings. The van der Waals surface area contributed by atoms with Gasteiger partial charge in [-0.25, -0.2) is 4.79 Å². The highest BCUT2D eigenvalue weighted by molar-refractivity contribution is 5.72. The maximum atomic E-state index is 11.3. The number of fused-ring (bicyclic) bond motifs is 1. The van der Waals surface area contributed by atoms with Crippen LogP contribution < -0.4 is 11.1 Å². The lowest BCUT2D eigenvalue weighted by molar-refractivity contribution is 0.342. The van der Waals surface area contributed by atoms with Gasteiger partial charge in [-0.1, -0.05) is 36.4 Å². The summed E-state index contributed by atoms with van der Waals surface area (Å²) in [5.74, 6) is 0.197. The Balaban J connectivity index is 1.23. The molecule has 2 N–H and O–H groups in total. The standard InChI is InChI=1S/C22H26N2O2/c25-22-24-20-13-10-18(15-21(20)26-22)17-8-11-19(12-9-17)23-14-4-7-16-5-2-1-3-6-16/h1-3,5-6,10,13,15,17,19,23H,4,7-9,11-12,14H2,(H,24,25). The molecule has 136 valence electrons. The van der Waals surface area contributed by atoms with Crippen molar-refractivity contribution in [1.82, 2.24) is 10.3 Å². The molecule has 2 aromatic carbocycles. The highest BCUT2D eigenvalue weighted by Crippen LogP contribution is 2.33. The minimum atomic E-state index is -0.374. The van der Waals surface area contributed by atoms with E-state index in [2.05, 4.69) is 46.7 Å². The van der Waals surface area contributed by atoms with Crippen molar-refractivity contribution in [2.24, 2.45) is 0 Å². The van der Waals surface area contributed by atoms with Crippen molar-refractivity contribution in [1.29, 1.82) is 0 Å². The minimum absolute atomic E-state index is 0.374. The van der Waals surface area contributed by atoms with E-state index in [9.17, 15) is 4.79 Å². The summed E-state index contributed by atoms with van der Waals surface area (Å²) in [7, 11) is 0. The molecule has 4 heteroatoms. The first kappa shape index (κ1) is 17.1. The van der Waals surface area contributed by atoms with Crippen LogP contribution in [0.15, 0.2) is 57.7 Å². The molecule has 1 aliphatic carbocycles. The molecule has 0 unspecified atom stereocenters. The van der Waals surface area contributed by atoms with E-state index in [4.69, 9.17) is 4.42 Å². The fraction of sp³-hybridized carbons (Fsp3) is 0.409. The largest absolute Gasteiger partial charge is 0.417 e. The van der Waals surface area contributed by atoms with E-state index >= 15 is 0 Å². The second-order valence-corrected chi connectivity index (χ2v) is 7.36. The van der Waals surface area contributed by atoms with Crippen LogP contribution in [0.3, 0.4) is 0 Å². The molecule has 0 amide bonds. The van der Waals surface area contributed by atoms with Crippen molar-refractivity contribution in [2.45, 2.75) is 50.5 Å². The number of benzene rings is 2. The molecular weight excluding hydrogens is 324 g/mol. The van der Waals surface area contributed by atoms with Crippen LogP contribution >= 0.6 is 0 Å². The topological polar surface area (TPSA) is 58.0 Å². The normalized spacial score (nSPS) is 20.5. The summed E-state index contributed by atoms with van der Waals surface area (Å²) in [5, 5.41) is 3.73. The third kappa shape index (κ3) is 4.07. The molecule has 0 atom stereocenters. The van der Waals surface area contributed by atoms with E-state index in [-0.39, 0.29) is 5.76 Å². The molecule has 1 aliphatic rings. The maximum Gasteiger partial charge on any atom is 0.417 e. The van der Waals surface area contributed by atoms with Crippen LogP contribution in [-0.2, 0) is 6.42 Å². The zero-order valence-corrected chi connectivity index (χ0v) is 15.0. The number of hydrogen-bond donors (Lipinski definition) is 2. The van der Waals surface area contributed by atoms with Crippen molar-refractivity contribution in [3.05, 3.63) is 70.2 Å². The number of rotatable bonds is 6. The lowest BCUT2D eigenvalue weighted by Crippen LogP contribution is -2.33. The number of nitrogens with one attached hydrogen (secondary N) is 2. The predicted molar refractivity (Wildman–Crippen MR) is 105 cm³/mol. The predicted octanol–water partition coefficient (Wildman–Crippen LogP) is 4.37. The van der Waals surface area contributed by atoms with Gasteiger partial charge in [-0.3, -0.25) is 4.98 Å². The number of oxazole rings is 1. The van der Waals surface area contributed by atoms with Gasteiger partial charge in [0.05, 0.1) is 5.52 Å². The van der Waals surface area contributed by atoms with E-state index in [1.165, 1.54) is 43.2 Å². The summed E-state index contributed by atoms with van der Waals surface area (Å²) in [6.07, 6.45) is 7.14. The molecule has 0 bridgehead atoms. The quantitative estimate of drug-likeness (QED) is 0.649. The fourth-order valence-corrected chi connectivity index (χ4v) is 4.09. The smallest absolute Gasteiger partial charge is 0.408 e. The van der Waals surface area contributed by atoms with Crippen LogP contribution in [-0.4, -0.2) is 17.6 Å². The monoisotopic (exact) mass is 350 g/mol. The Kier molecular flexibility index (Phi) is 5.21. The number of hydrogen-bond acceptors (Lipinski definition) is 3. The molecule has 26 heavy (non-hydrogen) atoms. The van der Waals surface area contributed by atoms with Crippen LogP contribution in [0.25, 0.3) is 11.1 Å². The summed E-state index contributed by atoms with van der Waals surface area (Å²) < 4.78 is 5.20. The summed E-state index contributed by atoms with van der Waals surface area (Å²) >= 11 is 0. The Morgan fingerprint density at radius 1 is 1.04 bits per heavy atom. The summed E-state index contributed by atoms with van der Waals surface area (Å²) in [6.45, 7) is 1.09. The Morgan fingerprint density at radius 2 is 1.85 bits per heavy atom. The van der Waals surface area contributed by atoms with Gasteiger partial charge in [0, 0.05) is 6.04 Å². The first-order chi connectivity index (χ1) is 12.8. The average Bonchev–Trinajstić information content (AvgIpc) is 3.06. The minimum Gasteiger partial charge on any atom is -0.408 e. The van der Waals surface area contributed by atoms with Gasteiger partial charge in [0.25, 0.3) is 0 Å². The summed E-state index contributed by atoms with van der Waals surface area (Å²) in [4.78, 5) is 14.0. The molecule has 0 saturated heterocycles. The Morgan fingerprint density at radius 3 is 2.65 bits per heavy atom. The van der Waals surface area contributed by atoms with Crippen molar-refractivity contribution in [2.75, 3.05) is 6.54 Å².